The predicted molar refractivity (Wildman–Crippen MR) is 170 cm³/mol. The van der Waals surface area contributed by atoms with Crippen molar-refractivity contribution in [3.63, 3.8) is 0 Å². The van der Waals surface area contributed by atoms with Crippen LogP contribution in [0.15, 0.2) is 58.1 Å². The standard InChI is InChI=1S/C32H38F2N4O6S2/c1-4-9-37(10-5-2)31(41)23-14-20(3)13-22(18-23)30(40)36-26(17-21-15-24(33)19-25(34)16-21)29(39)28-32(42)38(11-8-35-28)46(43,44)27-7-6-12-45-27/h6-7,12-16,18-19,26,28-29,35,39H,4-5,8-11,17H2,1-3H3,(H,36,40)/t26-,28-,29-/m0/s1. The van der Waals surface area contributed by atoms with Crippen LogP contribution in [0.25, 0.3) is 0 Å². The molecule has 0 bridgehead atoms. The summed E-state index contributed by atoms with van der Waals surface area (Å²) >= 11 is 0.943. The number of rotatable bonds is 13. The molecule has 4 rings (SSSR count). The first kappa shape index (κ1) is 35.1. The SMILES string of the molecule is CCCN(CCC)C(=O)c1cc(C)cc(C(=O)N[C@@H](Cc2cc(F)cc(F)c2)[C@H](O)[C@@H]2NCCN(S(=O)(=O)c3cccs3)C2=O)c1. The zero-order valence-corrected chi connectivity index (χ0v) is 27.5. The van der Waals surface area contributed by atoms with Gasteiger partial charge in [-0.2, -0.15) is 0 Å². The Bertz CT molecular complexity index is 1640. The fourth-order valence-electron chi connectivity index (χ4n) is 5.50. The summed E-state index contributed by atoms with van der Waals surface area (Å²) in [5.41, 5.74) is 1.12. The first-order valence-electron chi connectivity index (χ1n) is 15.0. The maximum atomic E-state index is 14.1. The normalized spacial score (nSPS) is 16.6. The highest BCUT2D eigenvalue weighted by molar-refractivity contribution is 7.91. The first-order valence-corrected chi connectivity index (χ1v) is 17.4. The Kier molecular flexibility index (Phi) is 11.6. The Morgan fingerprint density at radius 2 is 1.74 bits per heavy atom. The van der Waals surface area contributed by atoms with E-state index in [-0.39, 0.29) is 40.8 Å². The average molecular weight is 677 g/mol. The smallest absolute Gasteiger partial charge is 0.276 e. The average Bonchev–Trinajstić information content (AvgIpc) is 3.55. The lowest BCUT2D eigenvalue weighted by molar-refractivity contribution is -0.134. The molecule has 0 unspecified atom stereocenters. The lowest BCUT2D eigenvalue weighted by Gasteiger charge is -2.37. The van der Waals surface area contributed by atoms with E-state index in [4.69, 9.17) is 0 Å². The van der Waals surface area contributed by atoms with E-state index in [0.29, 0.717) is 34.6 Å². The monoisotopic (exact) mass is 676 g/mol. The Balaban J connectivity index is 1.65. The van der Waals surface area contributed by atoms with Gasteiger partial charge in [0, 0.05) is 43.4 Å². The van der Waals surface area contributed by atoms with Crippen molar-refractivity contribution in [3.05, 3.63) is 87.8 Å². The van der Waals surface area contributed by atoms with E-state index >= 15 is 0 Å². The van der Waals surface area contributed by atoms with Gasteiger partial charge >= 0.3 is 0 Å². The predicted octanol–water partition coefficient (Wildman–Crippen LogP) is 3.49. The number of piperazine rings is 1. The first-order chi connectivity index (χ1) is 21.8. The third kappa shape index (κ3) is 8.16. The van der Waals surface area contributed by atoms with Gasteiger partial charge in [0.1, 0.15) is 21.9 Å². The summed E-state index contributed by atoms with van der Waals surface area (Å²) in [6, 6.07) is 7.55. The van der Waals surface area contributed by atoms with E-state index in [1.807, 2.05) is 13.8 Å². The Morgan fingerprint density at radius 1 is 1.09 bits per heavy atom. The van der Waals surface area contributed by atoms with E-state index < -0.39 is 51.7 Å². The molecule has 1 fully saturated rings. The highest BCUT2D eigenvalue weighted by Crippen LogP contribution is 2.24. The molecule has 0 aliphatic carbocycles. The molecular formula is C32H38F2N4O6S2. The van der Waals surface area contributed by atoms with Crippen LogP contribution in [0.3, 0.4) is 0 Å². The number of sulfonamides is 1. The third-order valence-electron chi connectivity index (χ3n) is 7.54. The Hall–Kier alpha value is -3.72. The number of nitrogens with one attached hydrogen (secondary N) is 2. The van der Waals surface area contributed by atoms with Gasteiger partial charge in [0.25, 0.3) is 27.7 Å². The summed E-state index contributed by atoms with van der Waals surface area (Å²) in [5, 5.41) is 18.6. The van der Waals surface area contributed by atoms with Gasteiger partial charge in [-0.25, -0.2) is 21.5 Å². The number of amides is 3. The molecule has 2 heterocycles. The number of nitrogens with zero attached hydrogens (tertiary/aromatic N) is 2. The van der Waals surface area contributed by atoms with Crippen LogP contribution in [0.4, 0.5) is 8.78 Å². The Morgan fingerprint density at radius 3 is 2.35 bits per heavy atom. The van der Waals surface area contributed by atoms with Crippen LogP contribution in [0.2, 0.25) is 0 Å². The third-order valence-corrected chi connectivity index (χ3v) is 10.7. The van der Waals surface area contributed by atoms with Gasteiger partial charge in [0.2, 0.25) is 0 Å². The molecule has 46 heavy (non-hydrogen) atoms. The highest BCUT2D eigenvalue weighted by Gasteiger charge is 2.43. The molecule has 14 heteroatoms. The maximum Gasteiger partial charge on any atom is 0.276 e. The van der Waals surface area contributed by atoms with Crippen molar-refractivity contribution >= 4 is 39.1 Å². The molecule has 3 aromatic rings. The number of thiophene rings is 1. The van der Waals surface area contributed by atoms with Crippen LogP contribution in [-0.4, -0.2) is 84.8 Å². The van der Waals surface area contributed by atoms with Gasteiger partial charge < -0.3 is 20.6 Å². The van der Waals surface area contributed by atoms with E-state index in [0.717, 1.165) is 36.3 Å². The largest absolute Gasteiger partial charge is 0.389 e. The zero-order valence-electron chi connectivity index (χ0n) is 25.8. The van der Waals surface area contributed by atoms with Crippen molar-refractivity contribution in [1.82, 2.24) is 19.8 Å². The van der Waals surface area contributed by atoms with Gasteiger partial charge in [-0.15, -0.1) is 11.3 Å². The lowest BCUT2D eigenvalue weighted by Crippen LogP contribution is -2.64. The number of hydrogen-bond donors (Lipinski definition) is 3. The van der Waals surface area contributed by atoms with Gasteiger partial charge in [-0.05, 0) is 79.1 Å². The second-order valence-corrected chi connectivity index (χ2v) is 14.2. The molecule has 1 aliphatic rings. The molecule has 3 atom stereocenters. The van der Waals surface area contributed by atoms with Crippen LogP contribution >= 0.6 is 11.3 Å². The van der Waals surface area contributed by atoms with Crippen molar-refractivity contribution in [2.45, 2.75) is 62.4 Å². The summed E-state index contributed by atoms with van der Waals surface area (Å²) in [6.45, 7) is 6.58. The number of halogens is 2. The molecule has 1 saturated heterocycles. The lowest BCUT2D eigenvalue weighted by atomic mass is 9.94. The maximum absolute atomic E-state index is 14.1. The van der Waals surface area contributed by atoms with Gasteiger partial charge in [-0.3, -0.25) is 14.4 Å². The van der Waals surface area contributed by atoms with Crippen molar-refractivity contribution in [2.24, 2.45) is 0 Å². The summed E-state index contributed by atoms with van der Waals surface area (Å²) in [5.74, 6) is -3.63. The molecular weight excluding hydrogens is 639 g/mol. The molecule has 0 radical (unpaired) electrons. The summed E-state index contributed by atoms with van der Waals surface area (Å²) in [7, 11) is -4.20. The number of carbonyl (C=O) groups is 3. The van der Waals surface area contributed by atoms with E-state index in [1.165, 1.54) is 18.2 Å². The van der Waals surface area contributed by atoms with E-state index in [2.05, 4.69) is 10.6 Å². The topological polar surface area (TPSA) is 136 Å². The van der Waals surface area contributed by atoms with Gasteiger partial charge in [0.15, 0.2) is 0 Å². The van der Waals surface area contributed by atoms with Crippen LogP contribution in [0.5, 0.6) is 0 Å². The fraction of sp³-hybridized carbons (Fsp3) is 0.406. The zero-order chi connectivity index (χ0) is 33.6. The molecule has 0 spiro atoms. The number of benzene rings is 2. The molecule has 2 aromatic carbocycles. The van der Waals surface area contributed by atoms with Crippen molar-refractivity contribution in [2.75, 3.05) is 26.2 Å². The van der Waals surface area contributed by atoms with Gasteiger partial charge in [0.05, 0.1) is 12.1 Å². The minimum absolute atomic E-state index is 0.0166. The molecule has 248 valence electrons. The number of aliphatic hydroxyl groups excluding tert-OH is 1. The molecule has 0 saturated carbocycles. The Labute approximate surface area is 271 Å². The number of carbonyl (C=O) groups excluding carboxylic acids is 3. The van der Waals surface area contributed by atoms with E-state index in [1.54, 1.807) is 29.3 Å². The molecule has 3 amide bonds. The van der Waals surface area contributed by atoms with Crippen LogP contribution < -0.4 is 10.6 Å². The molecule has 10 nitrogen and oxygen atoms in total. The van der Waals surface area contributed by atoms with Crippen molar-refractivity contribution in [1.29, 1.82) is 0 Å². The van der Waals surface area contributed by atoms with Crippen LogP contribution in [0.1, 0.15) is 58.5 Å². The highest BCUT2D eigenvalue weighted by atomic mass is 32.2. The number of aryl methyl sites for hydroxylation is 1. The quantitative estimate of drug-likeness (QED) is 0.252. The van der Waals surface area contributed by atoms with Crippen LogP contribution in [0, 0.1) is 18.6 Å². The molecule has 1 aliphatic heterocycles. The van der Waals surface area contributed by atoms with E-state index in [9.17, 15) is 36.7 Å². The van der Waals surface area contributed by atoms with Crippen LogP contribution in [-0.2, 0) is 21.2 Å². The summed E-state index contributed by atoms with van der Waals surface area (Å²) < 4.78 is 55.3. The van der Waals surface area contributed by atoms with Crippen molar-refractivity contribution < 1.29 is 36.7 Å². The fourth-order valence-corrected chi connectivity index (χ4v) is 8.02. The minimum Gasteiger partial charge on any atom is -0.389 e. The second kappa shape index (κ2) is 15.2. The number of aliphatic hydroxyl groups is 1. The minimum atomic E-state index is -4.20. The summed E-state index contributed by atoms with van der Waals surface area (Å²) in [6.07, 6.45) is -0.515. The second-order valence-electron chi connectivity index (χ2n) is 11.2. The molecule has 1 aromatic heterocycles. The number of hydrogen-bond acceptors (Lipinski definition) is 8. The van der Waals surface area contributed by atoms with Crippen molar-refractivity contribution in [3.8, 4) is 0 Å². The molecule has 3 N–H and O–H groups in total. The van der Waals surface area contributed by atoms with Gasteiger partial charge in [-0.1, -0.05) is 19.9 Å². The summed E-state index contributed by atoms with van der Waals surface area (Å²) in [4.78, 5) is 42.2.